The summed E-state index contributed by atoms with van der Waals surface area (Å²) in [7, 11) is 0. The van der Waals surface area contributed by atoms with Gasteiger partial charge in [0.25, 0.3) is 0 Å². The van der Waals surface area contributed by atoms with Crippen molar-refractivity contribution in [2.75, 3.05) is 42.7 Å². The molecule has 1 heterocycles. The number of benzene rings is 1. The van der Waals surface area contributed by atoms with E-state index in [0.29, 0.717) is 37.7 Å². The number of hydrogen-bond donors (Lipinski definition) is 2. The van der Waals surface area contributed by atoms with Gasteiger partial charge in [0.2, 0.25) is 0 Å². The molecule has 0 aromatic heterocycles. The van der Waals surface area contributed by atoms with Crippen LogP contribution >= 0.6 is 0 Å². The van der Waals surface area contributed by atoms with Crippen molar-refractivity contribution in [3.8, 4) is 0 Å². The maximum Gasteiger partial charge on any atom is 0.127 e. The van der Waals surface area contributed by atoms with E-state index in [0.717, 1.165) is 0 Å². The summed E-state index contributed by atoms with van der Waals surface area (Å²) < 4.78 is 18.4. The molecule has 15 heavy (non-hydrogen) atoms. The van der Waals surface area contributed by atoms with Gasteiger partial charge < -0.3 is 21.1 Å². The first-order chi connectivity index (χ1) is 7.18. The van der Waals surface area contributed by atoms with Gasteiger partial charge in [-0.2, -0.15) is 0 Å². The highest BCUT2D eigenvalue weighted by molar-refractivity contribution is 5.79. The number of hydrogen-bond acceptors (Lipinski definition) is 4. The van der Waals surface area contributed by atoms with E-state index < -0.39 is 0 Å². The summed E-state index contributed by atoms with van der Waals surface area (Å²) in [5, 5.41) is 0. The number of ether oxygens (including phenoxy) is 1. The van der Waals surface area contributed by atoms with E-state index in [1.807, 2.05) is 4.90 Å². The zero-order valence-corrected chi connectivity index (χ0v) is 8.37. The van der Waals surface area contributed by atoms with Gasteiger partial charge in [0, 0.05) is 13.1 Å². The molecule has 0 amide bonds. The van der Waals surface area contributed by atoms with Gasteiger partial charge in [-0.05, 0) is 12.1 Å². The van der Waals surface area contributed by atoms with Crippen molar-refractivity contribution < 1.29 is 9.13 Å². The molecule has 1 aliphatic heterocycles. The van der Waals surface area contributed by atoms with Gasteiger partial charge in [-0.1, -0.05) is 0 Å². The van der Waals surface area contributed by atoms with Gasteiger partial charge in [-0.15, -0.1) is 0 Å². The maximum absolute atomic E-state index is 13.2. The molecule has 4 nitrogen and oxygen atoms in total. The van der Waals surface area contributed by atoms with Crippen LogP contribution in [0.2, 0.25) is 0 Å². The molecule has 0 unspecified atom stereocenters. The quantitative estimate of drug-likeness (QED) is 0.675. The zero-order valence-electron chi connectivity index (χ0n) is 8.37. The van der Waals surface area contributed by atoms with Gasteiger partial charge in [0.1, 0.15) is 5.82 Å². The molecule has 0 spiro atoms. The van der Waals surface area contributed by atoms with Gasteiger partial charge in [0.15, 0.2) is 0 Å². The molecule has 1 saturated heterocycles. The van der Waals surface area contributed by atoms with Crippen LogP contribution in [0.5, 0.6) is 0 Å². The average Bonchev–Trinajstić information content (AvgIpc) is 2.24. The van der Waals surface area contributed by atoms with Crippen LogP contribution in [0.4, 0.5) is 21.5 Å². The fourth-order valence-corrected chi connectivity index (χ4v) is 1.69. The van der Waals surface area contributed by atoms with E-state index in [2.05, 4.69) is 0 Å². The first-order valence-corrected chi connectivity index (χ1v) is 4.85. The number of nitrogens with zero attached hydrogens (tertiary/aromatic N) is 1. The standard InChI is InChI=1S/C10H14FN3O/c11-7-5-8(12)10(13)9(6-7)14-1-3-15-4-2-14/h5-6H,1-4,12-13H2. The average molecular weight is 211 g/mol. The van der Waals surface area contributed by atoms with E-state index in [1.165, 1.54) is 12.1 Å². The zero-order chi connectivity index (χ0) is 10.8. The first-order valence-electron chi connectivity index (χ1n) is 4.85. The number of morpholine rings is 1. The lowest BCUT2D eigenvalue weighted by molar-refractivity contribution is 0.122. The van der Waals surface area contributed by atoms with E-state index in [9.17, 15) is 4.39 Å². The van der Waals surface area contributed by atoms with Gasteiger partial charge in [-0.3, -0.25) is 0 Å². The minimum Gasteiger partial charge on any atom is -0.397 e. The predicted octanol–water partition coefficient (Wildman–Crippen LogP) is 0.827. The monoisotopic (exact) mass is 211 g/mol. The van der Waals surface area contributed by atoms with Crippen molar-refractivity contribution in [2.45, 2.75) is 0 Å². The van der Waals surface area contributed by atoms with Crippen LogP contribution in [-0.2, 0) is 4.74 Å². The van der Waals surface area contributed by atoms with Crippen LogP contribution in [0.15, 0.2) is 12.1 Å². The lowest BCUT2D eigenvalue weighted by Gasteiger charge is -2.30. The molecule has 5 heteroatoms. The molecule has 1 aliphatic rings. The normalized spacial score (nSPS) is 16.7. The van der Waals surface area contributed by atoms with Crippen molar-refractivity contribution in [1.29, 1.82) is 0 Å². The van der Waals surface area contributed by atoms with E-state index >= 15 is 0 Å². The highest BCUT2D eigenvalue weighted by Gasteiger charge is 2.16. The fourth-order valence-electron chi connectivity index (χ4n) is 1.69. The lowest BCUT2D eigenvalue weighted by atomic mass is 10.2. The highest BCUT2D eigenvalue weighted by atomic mass is 19.1. The Morgan fingerprint density at radius 2 is 1.87 bits per heavy atom. The van der Waals surface area contributed by atoms with Crippen LogP contribution in [0.3, 0.4) is 0 Å². The summed E-state index contributed by atoms with van der Waals surface area (Å²) in [5.41, 5.74) is 12.8. The van der Waals surface area contributed by atoms with Crippen molar-refractivity contribution in [3.63, 3.8) is 0 Å². The molecule has 0 atom stereocenters. The second-order valence-electron chi connectivity index (χ2n) is 3.53. The SMILES string of the molecule is Nc1cc(F)cc(N2CCOCC2)c1N. The smallest absolute Gasteiger partial charge is 0.127 e. The molecule has 2 rings (SSSR count). The fraction of sp³-hybridized carbons (Fsp3) is 0.400. The summed E-state index contributed by atoms with van der Waals surface area (Å²) in [6.07, 6.45) is 0. The number of rotatable bonds is 1. The first kappa shape index (κ1) is 10.0. The topological polar surface area (TPSA) is 64.5 Å². The summed E-state index contributed by atoms with van der Waals surface area (Å²) in [4.78, 5) is 1.98. The third kappa shape index (κ3) is 1.97. The molecular weight excluding hydrogens is 197 g/mol. The number of nitrogens with two attached hydrogens (primary N) is 2. The largest absolute Gasteiger partial charge is 0.397 e. The molecule has 0 saturated carbocycles. The summed E-state index contributed by atoms with van der Waals surface area (Å²) in [6, 6.07) is 2.65. The highest BCUT2D eigenvalue weighted by Crippen LogP contribution is 2.30. The predicted molar refractivity (Wildman–Crippen MR) is 58.3 cm³/mol. The van der Waals surface area contributed by atoms with Crippen LogP contribution in [-0.4, -0.2) is 26.3 Å². The van der Waals surface area contributed by atoms with Crippen molar-refractivity contribution in [2.24, 2.45) is 0 Å². The Morgan fingerprint density at radius 3 is 2.53 bits per heavy atom. The van der Waals surface area contributed by atoms with Crippen molar-refractivity contribution in [1.82, 2.24) is 0 Å². The van der Waals surface area contributed by atoms with Gasteiger partial charge in [-0.25, -0.2) is 4.39 Å². The molecule has 0 bridgehead atoms. The Kier molecular flexibility index (Phi) is 2.64. The molecule has 1 aromatic carbocycles. The number of anilines is 3. The molecule has 1 aromatic rings. The van der Waals surface area contributed by atoms with Crippen molar-refractivity contribution >= 4 is 17.1 Å². The third-order valence-corrected chi connectivity index (χ3v) is 2.51. The van der Waals surface area contributed by atoms with Crippen LogP contribution in [0.1, 0.15) is 0 Å². The molecule has 0 aliphatic carbocycles. The van der Waals surface area contributed by atoms with E-state index in [1.54, 1.807) is 0 Å². The molecule has 4 N–H and O–H groups in total. The molecule has 0 radical (unpaired) electrons. The number of halogens is 1. The maximum atomic E-state index is 13.2. The lowest BCUT2D eigenvalue weighted by Crippen LogP contribution is -2.36. The summed E-state index contributed by atoms with van der Waals surface area (Å²) in [6.45, 7) is 2.70. The Bertz CT molecular complexity index is 364. The van der Waals surface area contributed by atoms with Crippen LogP contribution in [0, 0.1) is 5.82 Å². The third-order valence-electron chi connectivity index (χ3n) is 2.51. The summed E-state index contributed by atoms with van der Waals surface area (Å²) >= 11 is 0. The van der Waals surface area contributed by atoms with Gasteiger partial charge >= 0.3 is 0 Å². The Hall–Kier alpha value is -1.49. The van der Waals surface area contributed by atoms with Gasteiger partial charge in [0.05, 0.1) is 30.3 Å². The van der Waals surface area contributed by atoms with Crippen molar-refractivity contribution in [3.05, 3.63) is 17.9 Å². The second-order valence-corrected chi connectivity index (χ2v) is 3.53. The van der Waals surface area contributed by atoms with Crippen LogP contribution in [0.25, 0.3) is 0 Å². The molecule has 1 fully saturated rings. The summed E-state index contributed by atoms with van der Waals surface area (Å²) in [5.74, 6) is -0.358. The van der Waals surface area contributed by atoms with Crippen LogP contribution < -0.4 is 16.4 Å². The number of nitrogen functional groups attached to an aromatic ring is 2. The minimum atomic E-state index is -0.358. The second kappa shape index (κ2) is 3.94. The Labute approximate surface area is 87.6 Å². The van der Waals surface area contributed by atoms with E-state index in [4.69, 9.17) is 16.2 Å². The minimum absolute atomic E-state index is 0.288. The molecule has 82 valence electrons. The Balaban J connectivity index is 2.33. The Morgan fingerprint density at radius 1 is 1.20 bits per heavy atom. The molecular formula is C10H14FN3O. The van der Waals surface area contributed by atoms with E-state index in [-0.39, 0.29) is 11.5 Å².